The standard InChI is InChI=1S/C16H18BrNO/c1-13-3-2-4-16(11-13)19-10-9-18-12-14-5-7-15(17)8-6-14/h2-8,11,18H,9-10,12H2,1H3. The Morgan fingerprint density at radius 1 is 1.11 bits per heavy atom. The fourth-order valence-corrected chi connectivity index (χ4v) is 2.05. The molecular weight excluding hydrogens is 302 g/mol. The molecule has 0 radical (unpaired) electrons. The first-order valence-corrected chi connectivity index (χ1v) is 7.18. The van der Waals surface area contributed by atoms with Crippen LogP contribution in [0.25, 0.3) is 0 Å². The second kappa shape index (κ2) is 7.31. The Bertz CT molecular complexity index is 510. The molecule has 2 nitrogen and oxygen atoms in total. The predicted octanol–water partition coefficient (Wildman–Crippen LogP) is 3.93. The van der Waals surface area contributed by atoms with Crippen molar-refractivity contribution in [3.05, 3.63) is 64.1 Å². The molecule has 0 atom stereocenters. The maximum Gasteiger partial charge on any atom is 0.119 e. The summed E-state index contributed by atoms with van der Waals surface area (Å²) >= 11 is 3.43. The van der Waals surface area contributed by atoms with Gasteiger partial charge in [0.25, 0.3) is 0 Å². The van der Waals surface area contributed by atoms with Crippen LogP contribution in [0.4, 0.5) is 0 Å². The van der Waals surface area contributed by atoms with E-state index in [2.05, 4.69) is 64.6 Å². The number of ether oxygens (including phenoxy) is 1. The van der Waals surface area contributed by atoms with Gasteiger partial charge in [-0.25, -0.2) is 0 Å². The van der Waals surface area contributed by atoms with E-state index < -0.39 is 0 Å². The van der Waals surface area contributed by atoms with Gasteiger partial charge >= 0.3 is 0 Å². The second-order valence-electron chi connectivity index (χ2n) is 4.47. The third-order valence-corrected chi connectivity index (χ3v) is 3.31. The minimum atomic E-state index is 0.681. The van der Waals surface area contributed by atoms with E-state index in [1.807, 2.05) is 12.1 Å². The first kappa shape index (κ1) is 14.1. The number of nitrogens with one attached hydrogen (secondary N) is 1. The van der Waals surface area contributed by atoms with Crippen molar-refractivity contribution in [1.29, 1.82) is 0 Å². The number of benzene rings is 2. The Balaban J connectivity index is 1.66. The Labute approximate surface area is 122 Å². The lowest BCUT2D eigenvalue weighted by atomic mass is 10.2. The van der Waals surface area contributed by atoms with E-state index in [9.17, 15) is 0 Å². The second-order valence-corrected chi connectivity index (χ2v) is 5.38. The normalized spacial score (nSPS) is 10.4. The van der Waals surface area contributed by atoms with Gasteiger partial charge in [-0.3, -0.25) is 0 Å². The highest BCUT2D eigenvalue weighted by molar-refractivity contribution is 9.10. The Morgan fingerprint density at radius 2 is 1.89 bits per heavy atom. The lowest BCUT2D eigenvalue weighted by molar-refractivity contribution is 0.313. The van der Waals surface area contributed by atoms with E-state index in [4.69, 9.17) is 4.74 Å². The number of rotatable bonds is 6. The molecule has 3 heteroatoms. The van der Waals surface area contributed by atoms with Gasteiger partial charge in [-0.15, -0.1) is 0 Å². The third-order valence-electron chi connectivity index (χ3n) is 2.78. The smallest absolute Gasteiger partial charge is 0.119 e. The Kier molecular flexibility index (Phi) is 5.43. The molecule has 0 aliphatic rings. The molecule has 1 N–H and O–H groups in total. The van der Waals surface area contributed by atoms with Crippen LogP contribution in [0.1, 0.15) is 11.1 Å². The van der Waals surface area contributed by atoms with Crippen molar-refractivity contribution >= 4 is 15.9 Å². The molecule has 0 aromatic heterocycles. The topological polar surface area (TPSA) is 21.3 Å². The van der Waals surface area contributed by atoms with Crippen LogP contribution in [-0.2, 0) is 6.54 Å². The van der Waals surface area contributed by atoms with Crippen LogP contribution in [0, 0.1) is 6.92 Å². The first-order valence-electron chi connectivity index (χ1n) is 6.39. The molecular formula is C16H18BrNO. The van der Waals surface area contributed by atoms with Gasteiger partial charge in [0.05, 0.1) is 0 Å². The average Bonchev–Trinajstić information content (AvgIpc) is 2.41. The molecule has 0 bridgehead atoms. The van der Waals surface area contributed by atoms with Crippen LogP contribution in [-0.4, -0.2) is 13.2 Å². The summed E-state index contributed by atoms with van der Waals surface area (Å²) in [7, 11) is 0. The van der Waals surface area contributed by atoms with Crippen molar-refractivity contribution < 1.29 is 4.74 Å². The summed E-state index contributed by atoms with van der Waals surface area (Å²) in [6.07, 6.45) is 0. The maximum atomic E-state index is 5.67. The highest BCUT2D eigenvalue weighted by Gasteiger charge is 1.95. The van der Waals surface area contributed by atoms with Gasteiger partial charge in [0, 0.05) is 17.6 Å². The summed E-state index contributed by atoms with van der Waals surface area (Å²) in [6.45, 7) is 4.45. The summed E-state index contributed by atoms with van der Waals surface area (Å²) in [5.74, 6) is 0.936. The van der Waals surface area contributed by atoms with E-state index in [-0.39, 0.29) is 0 Å². The van der Waals surface area contributed by atoms with Gasteiger partial charge in [-0.2, -0.15) is 0 Å². The largest absolute Gasteiger partial charge is 0.492 e. The van der Waals surface area contributed by atoms with E-state index in [0.717, 1.165) is 23.3 Å². The van der Waals surface area contributed by atoms with Crippen molar-refractivity contribution in [2.45, 2.75) is 13.5 Å². The minimum Gasteiger partial charge on any atom is -0.492 e. The zero-order valence-corrected chi connectivity index (χ0v) is 12.6. The zero-order chi connectivity index (χ0) is 13.5. The quantitative estimate of drug-likeness (QED) is 0.815. The lowest BCUT2D eigenvalue weighted by Gasteiger charge is -2.08. The number of halogens is 1. The fraction of sp³-hybridized carbons (Fsp3) is 0.250. The van der Waals surface area contributed by atoms with E-state index in [0.29, 0.717) is 6.61 Å². The SMILES string of the molecule is Cc1cccc(OCCNCc2ccc(Br)cc2)c1. The molecule has 100 valence electrons. The molecule has 2 aromatic carbocycles. The molecule has 0 saturated carbocycles. The summed E-state index contributed by atoms with van der Waals surface area (Å²) in [5.41, 5.74) is 2.50. The zero-order valence-electron chi connectivity index (χ0n) is 11.0. The van der Waals surface area contributed by atoms with Gasteiger partial charge in [0.2, 0.25) is 0 Å². The Hall–Kier alpha value is -1.32. The molecule has 0 saturated heterocycles. The van der Waals surface area contributed by atoms with Crippen molar-refractivity contribution in [3.63, 3.8) is 0 Å². The van der Waals surface area contributed by atoms with Crippen molar-refractivity contribution in [1.82, 2.24) is 5.32 Å². The van der Waals surface area contributed by atoms with Gasteiger partial charge in [0.15, 0.2) is 0 Å². The van der Waals surface area contributed by atoms with Crippen LogP contribution in [0.15, 0.2) is 53.0 Å². The van der Waals surface area contributed by atoms with Crippen LogP contribution < -0.4 is 10.1 Å². The van der Waals surface area contributed by atoms with Gasteiger partial charge in [0.1, 0.15) is 12.4 Å². The molecule has 0 amide bonds. The van der Waals surface area contributed by atoms with Crippen LogP contribution in [0.5, 0.6) is 5.75 Å². The highest BCUT2D eigenvalue weighted by atomic mass is 79.9. The Morgan fingerprint density at radius 3 is 2.63 bits per heavy atom. The average molecular weight is 320 g/mol. The number of hydrogen-bond donors (Lipinski definition) is 1. The maximum absolute atomic E-state index is 5.67. The third kappa shape index (κ3) is 5.05. The molecule has 0 aliphatic heterocycles. The van der Waals surface area contributed by atoms with Gasteiger partial charge in [-0.1, -0.05) is 40.2 Å². The summed E-state index contributed by atoms with van der Waals surface area (Å²) in [4.78, 5) is 0. The molecule has 2 aromatic rings. The van der Waals surface area contributed by atoms with Crippen LogP contribution in [0.2, 0.25) is 0 Å². The van der Waals surface area contributed by atoms with Crippen LogP contribution >= 0.6 is 15.9 Å². The minimum absolute atomic E-state index is 0.681. The first-order chi connectivity index (χ1) is 9.24. The number of hydrogen-bond acceptors (Lipinski definition) is 2. The summed E-state index contributed by atoms with van der Waals surface area (Å²) in [5, 5.41) is 3.37. The fourth-order valence-electron chi connectivity index (χ4n) is 1.78. The molecule has 19 heavy (non-hydrogen) atoms. The van der Waals surface area contributed by atoms with Crippen molar-refractivity contribution in [2.75, 3.05) is 13.2 Å². The molecule has 0 aliphatic carbocycles. The van der Waals surface area contributed by atoms with E-state index in [1.54, 1.807) is 0 Å². The molecule has 0 unspecified atom stereocenters. The molecule has 0 heterocycles. The summed E-state index contributed by atoms with van der Waals surface area (Å²) < 4.78 is 6.78. The van der Waals surface area contributed by atoms with Gasteiger partial charge < -0.3 is 10.1 Å². The van der Waals surface area contributed by atoms with Crippen molar-refractivity contribution in [2.24, 2.45) is 0 Å². The summed E-state index contributed by atoms with van der Waals surface area (Å²) in [6, 6.07) is 16.5. The van der Waals surface area contributed by atoms with E-state index in [1.165, 1.54) is 11.1 Å². The predicted molar refractivity (Wildman–Crippen MR) is 82.5 cm³/mol. The number of aryl methyl sites for hydroxylation is 1. The van der Waals surface area contributed by atoms with E-state index >= 15 is 0 Å². The van der Waals surface area contributed by atoms with Gasteiger partial charge in [-0.05, 0) is 42.3 Å². The molecule has 0 fully saturated rings. The monoisotopic (exact) mass is 319 g/mol. The highest BCUT2D eigenvalue weighted by Crippen LogP contribution is 2.12. The molecule has 0 spiro atoms. The lowest BCUT2D eigenvalue weighted by Crippen LogP contribution is -2.20. The van der Waals surface area contributed by atoms with Crippen molar-refractivity contribution in [3.8, 4) is 5.75 Å². The van der Waals surface area contributed by atoms with Crippen LogP contribution in [0.3, 0.4) is 0 Å². The molecule has 2 rings (SSSR count).